The summed E-state index contributed by atoms with van der Waals surface area (Å²) >= 11 is 0. The number of hydrogen-bond donors (Lipinski definition) is 0. The summed E-state index contributed by atoms with van der Waals surface area (Å²) in [5.41, 5.74) is 5.09. The zero-order valence-electron chi connectivity index (χ0n) is 14.8. The number of fused-ring (bicyclic) bond motifs is 1. The quantitative estimate of drug-likeness (QED) is 0.668. The average molecular weight is 355 g/mol. The van der Waals surface area contributed by atoms with E-state index in [-0.39, 0.29) is 11.3 Å². The molecule has 25 heavy (non-hydrogen) atoms. The van der Waals surface area contributed by atoms with Crippen molar-refractivity contribution in [2.75, 3.05) is 0 Å². The van der Waals surface area contributed by atoms with E-state index in [0.29, 0.717) is 11.2 Å². The maximum atomic E-state index is 13.2. The van der Waals surface area contributed by atoms with Crippen molar-refractivity contribution in [3.8, 4) is 0 Å². The lowest BCUT2D eigenvalue weighted by Crippen LogP contribution is -2.14. The van der Waals surface area contributed by atoms with Gasteiger partial charge in [0.05, 0.1) is 10.4 Å². The smallest absolute Gasteiger partial charge is 0.268 e. The minimum Gasteiger partial charge on any atom is -0.303 e. The number of carbonyl (C=O) groups excluding carboxylic acids is 1. The van der Waals surface area contributed by atoms with Crippen LogP contribution in [0.3, 0.4) is 0 Å². The van der Waals surface area contributed by atoms with Crippen LogP contribution in [-0.2, 0) is 21.2 Å². The molecule has 0 fully saturated rings. The molecule has 0 amide bonds. The van der Waals surface area contributed by atoms with Gasteiger partial charge in [0.1, 0.15) is 6.29 Å². The van der Waals surface area contributed by atoms with E-state index in [4.69, 9.17) is 0 Å². The van der Waals surface area contributed by atoms with E-state index in [0.717, 1.165) is 33.9 Å². The van der Waals surface area contributed by atoms with Crippen LogP contribution in [0.1, 0.15) is 27.9 Å². The van der Waals surface area contributed by atoms with Crippen LogP contribution in [0.15, 0.2) is 41.3 Å². The number of benzene rings is 2. The van der Waals surface area contributed by atoms with Gasteiger partial charge in [-0.3, -0.25) is 0 Å². The van der Waals surface area contributed by atoms with Crippen LogP contribution in [0.25, 0.3) is 10.9 Å². The highest BCUT2D eigenvalue weighted by molar-refractivity contribution is 7.90. The number of rotatable bonds is 4. The third kappa shape index (κ3) is 2.68. The molecule has 0 radical (unpaired) electrons. The van der Waals surface area contributed by atoms with Gasteiger partial charge in [-0.15, -0.1) is 0 Å². The highest BCUT2D eigenvalue weighted by Crippen LogP contribution is 2.33. The highest BCUT2D eigenvalue weighted by Gasteiger charge is 2.25. The molecular formula is C20H21NO3S. The lowest BCUT2D eigenvalue weighted by Gasteiger charge is -2.11. The molecule has 0 saturated carbocycles. The Labute approximate surface area is 148 Å². The van der Waals surface area contributed by atoms with Crippen LogP contribution in [0.5, 0.6) is 0 Å². The van der Waals surface area contributed by atoms with Crippen molar-refractivity contribution in [1.29, 1.82) is 0 Å². The number of nitrogens with zero attached hydrogens (tertiary/aromatic N) is 1. The fourth-order valence-corrected chi connectivity index (χ4v) is 4.91. The summed E-state index contributed by atoms with van der Waals surface area (Å²) in [6.07, 6.45) is 1.14. The molecule has 130 valence electrons. The van der Waals surface area contributed by atoms with Crippen molar-refractivity contribution < 1.29 is 13.2 Å². The van der Waals surface area contributed by atoms with Crippen LogP contribution in [0, 0.1) is 27.7 Å². The Balaban J connectivity index is 2.38. The summed E-state index contributed by atoms with van der Waals surface area (Å²) in [5, 5.41) is 0.861. The summed E-state index contributed by atoms with van der Waals surface area (Å²) in [5.74, 6) is 0. The Bertz CT molecular complexity index is 1070. The standard InChI is InChI=1S/C20H21NO3S/c1-13-5-8-17(9-6-13)25(23,24)21-16(4)15(3)20-18(11-12-22)14(2)7-10-19(20)21/h5-10,12H,11H2,1-4H3. The maximum Gasteiger partial charge on any atom is 0.268 e. The second-order valence-electron chi connectivity index (χ2n) is 6.42. The molecule has 0 unspecified atom stereocenters. The van der Waals surface area contributed by atoms with Crippen molar-refractivity contribution in [1.82, 2.24) is 3.97 Å². The van der Waals surface area contributed by atoms with Gasteiger partial charge in [0.25, 0.3) is 10.0 Å². The van der Waals surface area contributed by atoms with Crippen molar-refractivity contribution in [3.63, 3.8) is 0 Å². The number of aryl methyl sites for hydroxylation is 3. The summed E-state index contributed by atoms with van der Waals surface area (Å²) in [6.45, 7) is 7.58. The predicted octanol–water partition coefficient (Wildman–Crippen LogP) is 3.85. The van der Waals surface area contributed by atoms with Gasteiger partial charge in [0.2, 0.25) is 0 Å². The molecule has 0 aliphatic rings. The molecule has 3 rings (SSSR count). The summed E-state index contributed by atoms with van der Waals surface area (Å²) in [4.78, 5) is 11.4. The third-order valence-corrected chi connectivity index (χ3v) is 6.63. The monoisotopic (exact) mass is 355 g/mol. The van der Waals surface area contributed by atoms with E-state index in [1.54, 1.807) is 31.2 Å². The summed E-state index contributed by atoms with van der Waals surface area (Å²) < 4.78 is 27.9. The van der Waals surface area contributed by atoms with E-state index >= 15 is 0 Å². The van der Waals surface area contributed by atoms with E-state index < -0.39 is 10.0 Å². The van der Waals surface area contributed by atoms with Crippen LogP contribution in [-0.4, -0.2) is 18.7 Å². The number of hydrogen-bond acceptors (Lipinski definition) is 3. The summed E-state index contributed by atoms with van der Waals surface area (Å²) in [7, 11) is -3.71. The van der Waals surface area contributed by atoms with E-state index in [9.17, 15) is 13.2 Å². The number of aromatic nitrogens is 1. The largest absolute Gasteiger partial charge is 0.303 e. The second kappa shape index (κ2) is 6.15. The van der Waals surface area contributed by atoms with Gasteiger partial charge in [-0.2, -0.15) is 0 Å². The van der Waals surface area contributed by atoms with Crippen LogP contribution in [0.4, 0.5) is 0 Å². The molecule has 0 saturated heterocycles. The highest BCUT2D eigenvalue weighted by atomic mass is 32.2. The minimum absolute atomic E-state index is 0.260. The van der Waals surface area contributed by atoms with Gasteiger partial charge < -0.3 is 4.79 Å². The first kappa shape index (κ1) is 17.4. The number of carbonyl (C=O) groups is 1. The SMILES string of the molecule is Cc1ccc(S(=O)(=O)n2c(C)c(C)c3c(CC=O)c(C)ccc32)cc1. The Kier molecular flexibility index (Phi) is 4.29. The maximum absolute atomic E-state index is 13.2. The molecule has 4 nitrogen and oxygen atoms in total. The van der Waals surface area contributed by atoms with Crippen LogP contribution < -0.4 is 0 Å². The normalized spacial score (nSPS) is 11.8. The molecule has 0 aliphatic carbocycles. The van der Waals surface area contributed by atoms with Gasteiger partial charge in [-0.05, 0) is 62.6 Å². The Morgan fingerprint density at radius 3 is 2.20 bits per heavy atom. The Morgan fingerprint density at radius 1 is 0.960 bits per heavy atom. The van der Waals surface area contributed by atoms with E-state index in [2.05, 4.69) is 0 Å². The lowest BCUT2D eigenvalue weighted by atomic mass is 9.99. The fraction of sp³-hybridized carbons (Fsp3) is 0.250. The van der Waals surface area contributed by atoms with Gasteiger partial charge in [0.15, 0.2) is 0 Å². The Hall–Kier alpha value is -2.40. The molecular weight excluding hydrogens is 334 g/mol. The molecule has 0 bridgehead atoms. The molecule has 2 aromatic carbocycles. The first-order valence-corrected chi connectivity index (χ1v) is 9.59. The zero-order valence-corrected chi connectivity index (χ0v) is 15.6. The molecule has 0 N–H and O–H groups in total. The van der Waals surface area contributed by atoms with E-state index in [1.165, 1.54) is 3.97 Å². The summed E-state index contributed by atoms with van der Waals surface area (Å²) in [6, 6.07) is 10.6. The first-order valence-electron chi connectivity index (χ1n) is 8.15. The number of aldehydes is 1. The fourth-order valence-electron chi connectivity index (χ4n) is 3.31. The first-order chi connectivity index (χ1) is 11.8. The average Bonchev–Trinajstić information content (AvgIpc) is 2.83. The zero-order chi connectivity index (χ0) is 18.4. The predicted molar refractivity (Wildman–Crippen MR) is 99.7 cm³/mol. The van der Waals surface area contributed by atoms with Gasteiger partial charge in [-0.25, -0.2) is 12.4 Å². The molecule has 0 atom stereocenters. The van der Waals surface area contributed by atoms with Crippen molar-refractivity contribution in [2.24, 2.45) is 0 Å². The van der Waals surface area contributed by atoms with Crippen molar-refractivity contribution >= 4 is 27.2 Å². The van der Waals surface area contributed by atoms with Crippen LogP contribution >= 0.6 is 0 Å². The second-order valence-corrected chi connectivity index (χ2v) is 8.21. The topological polar surface area (TPSA) is 56.1 Å². The van der Waals surface area contributed by atoms with Crippen LogP contribution in [0.2, 0.25) is 0 Å². The van der Waals surface area contributed by atoms with Crippen molar-refractivity contribution in [2.45, 2.75) is 39.0 Å². The third-order valence-electron chi connectivity index (χ3n) is 4.81. The molecule has 3 aromatic rings. The van der Waals surface area contributed by atoms with Gasteiger partial charge >= 0.3 is 0 Å². The molecule has 1 aromatic heterocycles. The van der Waals surface area contributed by atoms with E-state index in [1.807, 2.05) is 32.9 Å². The minimum atomic E-state index is -3.71. The molecule has 5 heteroatoms. The molecule has 0 aliphatic heterocycles. The molecule has 0 spiro atoms. The Morgan fingerprint density at radius 2 is 1.60 bits per heavy atom. The lowest BCUT2D eigenvalue weighted by molar-refractivity contribution is -0.107. The van der Waals surface area contributed by atoms with Gasteiger partial charge in [0, 0.05) is 17.5 Å². The van der Waals surface area contributed by atoms with Crippen molar-refractivity contribution in [3.05, 3.63) is 64.3 Å². The molecule has 1 heterocycles. The van der Waals surface area contributed by atoms with Gasteiger partial charge in [-0.1, -0.05) is 23.8 Å².